The summed E-state index contributed by atoms with van der Waals surface area (Å²) in [6.07, 6.45) is 5.72. The van der Waals surface area contributed by atoms with Crippen molar-refractivity contribution in [3.8, 4) is 11.5 Å². The van der Waals surface area contributed by atoms with Crippen LogP contribution in [-0.4, -0.2) is 10.2 Å². The predicted octanol–water partition coefficient (Wildman–Crippen LogP) is 5.10. The second-order valence-corrected chi connectivity index (χ2v) is 5.64. The Morgan fingerprint density at radius 1 is 0.870 bits per heavy atom. The lowest BCUT2D eigenvalue weighted by Gasteiger charge is -2.23. The first-order valence-electron chi connectivity index (χ1n) is 7.97. The zero-order valence-electron chi connectivity index (χ0n) is 13.6. The van der Waals surface area contributed by atoms with Gasteiger partial charge in [0.05, 0.1) is 0 Å². The lowest BCUT2D eigenvalue weighted by molar-refractivity contribution is 0.466. The normalized spacial score (nSPS) is 10.7. The first kappa shape index (κ1) is 16.9. The fourth-order valence-corrected chi connectivity index (χ4v) is 3.18. The molecular formula is C21H24O2. The molecule has 0 bridgehead atoms. The molecule has 0 spiro atoms. The molecule has 0 aliphatic heterocycles. The van der Waals surface area contributed by atoms with Crippen LogP contribution in [-0.2, 0) is 12.8 Å². The van der Waals surface area contributed by atoms with Crippen LogP contribution in [0, 0.1) is 0 Å². The number of hydrogen-bond acceptors (Lipinski definition) is 2. The number of phenolic OH excluding ortho intramolecular Hbond substituents is 2. The zero-order chi connectivity index (χ0) is 16.8. The van der Waals surface area contributed by atoms with Gasteiger partial charge in [0.1, 0.15) is 11.5 Å². The number of aromatic hydroxyl groups is 2. The van der Waals surface area contributed by atoms with Gasteiger partial charge in [0, 0.05) is 17.0 Å². The predicted molar refractivity (Wildman–Crippen MR) is 96.1 cm³/mol. The van der Waals surface area contributed by atoms with Gasteiger partial charge in [-0.05, 0) is 42.5 Å². The van der Waals surface area contributed by atoms with Gasteiger partial charge in [-0.15, -0.1) is 13.2 Å². The summed E-state index contributed by atoms with van der Waals surface area (Å²) in [5.74, 6) is 0.705. The van der Waals surface area contributed by atoms with E-state index in [1.807, 2.05) is 12.1 Å². The van der Waals surface area contributed by atoms with Crippen LogP contribution in [0.4, 0.5) is 0 Å². The second kappa shape index (κ2) is 7.68. The minimum atomic E-state index is 0.110. The van der Waals surface area contributed by atoms with Crippen LogP contribution >= 0.6 is 0 Å². The van der Waals surface area contributed by atoms with E-state index in [4.69, 9.17) is 0 Å². The molecule has 120 valence electrons. The maximum absolute atomic E-state index is 10.2. The van der Waals surface area contributed by atoms with Crippen LogP contribution in [0.3, 0.4) is 0 Å². The van der Waals surface area contributed by atoms with Crippen molar-refractivity contribution in [1.29, 1.82) is 0 Å². The van der Waals surface area contributed by atoms with Gasteiger partial charge in [0.25, 0.3) is 0 Å². The molecule has 0 atom stereocenters. The summed E-state index contributed by atoms with van der Waals surface area (Å²) in [5.41, 5.74) is 3.98. The smallest absolute Gasteiger partial charge is 0.119 e. The van der Waals surface area contributed by atoms with Crippen molar-refractivity contribution in [3.05, 3.63) is 84.0 Å². The average molecular weight is 308 g/mol. The molecule has 0 amide bonds. The Kier molecular flexibility index (Phi) is 5.64. The Labute approximate surface area is 138 Å². The number of hydrogen-bond donors (Lipinski definition) is 2. The molecule has 0 radical (unpaired) electrons. The molecular weight excluding hydrogens is 284 g/mol. The van der Waals surface area contributed by atoms with Gasteiger partial charge in [0.15, 0.2) is 0 Å². The fourth-order valence-electron chi connectivity index (χ4n) is 3.18. The number of rotatable bonds is 7. The van der Waals surface area contributed by atoms with Gasteiger partial charge in [-0.1, -0.05) is 43.3 Å². The SMILES string of the molecule is C=CCc1c(O)cccc1C(CC)c1cccc(O)c1CC=C. The van der Waals surface area contributed by atoms with Gasteiger partial charge < -0.3 is 10.2 Å². The Bertz CT molecular complexity index is 641. The van der Waals surface area contributed by atoms with E-state index in [1.165, 1.54) is 0 Å². The summed E-state index contributed by atoms with van der Waals surface area (Å²) in [5, 5.41) is 20.5. The molecule has 2 aromatic rings. The minimum Gasteiger partial charge on any atom is -0.508 e. The van der Waals surface area contributed by atoms with E-state index in [1.54, 1.807) is 24.3 Å². The van der Waals surface area contributed by atoms with Gasteiger partial charge in [-0.25, -0.2) is 0 Å². The molecule has 2 rings (SSSR count). The standard InChI is InChI=1S/C21H24O2/c1-4-9-18-16(11-7-13-20(18)22)15(6-3)17-12-8-14-21(23)19(17)10-5-2/h4-5,7-8,11-15,22-23H,1-2,6,9-10H2,3H3. The van der Waals surface area contributed by atoms with Crippen LogP contribution in [0.25, 0.3) is 0 Å². The molecule has 0 fully saturated rings. The van der Waals surface area contributed by atoms with Crippen LogP contribution in [0.15, 0.2) is 61.7 Å². The fraction of sp³-hybridized carbons (Fsp3) is 0.238. The van der Waals surface area contributed by atoms with Crippen LogP contribution in [0.5, 0.6) is 11.5 Å². The third kappa shape index (κ3) is 3.48. The Hall–Kier alpha value is -2.48. The number of phenols is 2. The lowest BCUT2D eigenvalue weighted by atomic mass is 9.82. The molecule has 23 heavy (non-hydrogen) atoms. The Morgan fingerprint density at radius 2 is 1.30 bits per heavy atom. The minimum absolute atomic E-state index is 0.110. The van der Waals surface area contributed by atoms with E-state index in [0.717, 1.165) is 28.7 Å². The summed E-state index contributed by atoms with van der Waals surface area (Å²) in [4.78, 5) is 0. The summed E-state index contributed by atoms with van der Waals surface area (Å²) < 4.78 is 0. The van der Waals surface area contributed by atoms with E-state index in [0.29, 0.717) is 24.3 Å². The molecule has 0 saturated carbocycles. The molecule has 0 aliphatic rings. The molecule has 2 nitrogen and oxygen atoms in total. The van der Waals surface area contributed by atoms with E-state index in [2.05, 4.69) is 32.2 Å². The molecule has 2 N–H and O–H groups in total. The van der Waals surface area contributed by atoms with Crippen LogP contribution < -0.4 is 0 Å². The molecule has 0 aromatic heterocycles. The largest absolute Gasteiger partial charge is 0.508 e. The molecule has 0 saturated heterocycles. The van der Waals surface area contributed by atoms with Gasteiger partial charge in [0.2, 0.25) is 0 Å². The van der Waals surface area contributed by atoms with Crippen molar-refractivity contribution < 1.29 is 10.2 Å². The topological polar surface area (TPSA) is 40.5 Å². The highest BCUT2D eigenvalue weighted by Crippen LogP contribution is 2.38. The summed E-state index contributed by atoms with van der Waals surface area (Å²) in [7, 11) is 0. The van der Waals surface area contributed by atoms with Crippen LogP contribution in [0.2, 0.25) is 0 Å². The third-order valence-corrected chi connectivity index (χ3v) is 4.23. The molecule has 0 aliphatic carbocycles. The molecule has 2 aromatic carbocycles. The highest BCUT2D eigenvalue weighted by Gasteiger charge is 2.21. The summed E-state index contributed by atoms with van der Waals surface area (Å²) in [6, 6.07) is 11.3. The van der Waals surface area contributed by atoms with E-state index in [-0.39, 0.29) is 5.92 Å². The van der Waals surface area contributed by atoms with Gasteiger partial charge in [-0.3, -0.25) is 0 Å². The van der Waals surface area contributed by atoms with Crippen molar-refractivity contribution in [3.63, 3.8) is 0 Å². The van der Waals surface area contributed by atoms with Crippen LogP contribution in [0.1, 0.15) is 41.5 Å². The van der Waals surface area contributed by atoms with Gasteiger partial charge >= 0.3 is 0 Å². The van der Waals surface area contributed by atoms with E-state index >= 15 is 0 Å². The molecule has 0 unspecified atom stereocenters. The van der Waals surface area contributed by atoms with Gasteiger partial charge in [-0.2, -0.15) is 0 Å². The van der Waals surface area contributed by atoms with Crippen molar-refractivity contribution in [1.82, 2.24) is 0 Å². The monoisotopic (exact) mass is 308 g/mol. The van der Waals surface area contributed by atoms with E-state index < -0.39 is 0 Å². The van der Waals surface area contributed by atoms with Crippen molar-refractivity contribution in [2.75, 3.05) is 0 Å². The maximum Gasteiger partial charge on any atom is 0.119 e. The average Bonchev–Trinajstić information content (AvgIpc) is 2.54. The Balaban J connectivity index is 2.62. The Morgan fingerprint density at radius 3 is 1.65 bits per heavy atom. The zero-order valence-corrected chi connectivity index (χ0v) is 13.6. The first-order valence-corrected chi connectivity index (χ1v) is 7.97. The second-order valence-electron chi connectivity index (χ2n) is 5.64. The molecule has 0 heterocycles. The summed E-state index contributed by atoms with van der Waals surface area (Å²) >= 11 is 0. The maximum atomic E-state index is 10.2. The van der Waals surface area contributed by atoms with Crippen molar-refractivity contribution >= 4 is 0 Å². The first-order chi connectivity index (χ1) is 11.1. The van der Waals surface area contributed by atoms with Crippen molar-refractivity contribution in [2.24, 2.45) is 0 Å². The third-order valence-electron chi connectivity index (χ3n) is 4.23. The quantitative estimate of drug-likeness (QED) is 0.699. The highest BCUT2D eigenvalue weighted by molar-refractivity contribution is 5.50. The highest BCUT2D eigenvalue weighted by atomic mass is 16.3. The van der Waals surface area contributed by atoms with Crippen molar-refractivity contribution in [2.45, 2.75) is 32.1 Å². The summed E-state index contributed by atoms with van der Waals surface area (Å²) in [6.45, 7) is 9.70. The number of allylic oxidation sites excluding steroid dienone is 2. The lowest BCUT2D eigenvalue weighted by Crippen LogP contribution is -2.07. The molecule has 2 heteroatoms. The number of benzene rings is 2. The van der Waals surface area contributed by atoms with E-state index in [9.17, 15) is 10.2 Å².